The number of alkyl halides is 3. The summed E-state index contributed by atoms with van der Waals surface area (Å²) < 4.78 is 50.3. The van der Waals surface area contributed by atoms with E-state index < -0.39 is 18.2 Å². The van der Waals surface area contributed by atoms with Crippen LogP contribution in [0, 0.1) is 0 Å². The molecule has 0 saturated heterocycles. The standard InChI is InChI=1S/C42H58F3NO4/c1-3-4-5-6-7-8-9-10-11-12-13-14-18-29-50-40-27-25-37(32-46-40)39-31-36(24-26-38(39)35-20-16-15-17-21-35)34(22-19-23-41(47)48)28-30-49-33(2)42(43,44)45/h15-17,20-21,24-27,31-34H,3-14,18-19,22-23,28-30H2,1-2H3,(H,47,48). The fourth-order valence-electron chi connectivity index (χ4n) is 6.30. The molecule has 50 heavy (non-hydrogen) atoms. The second-order valence-corrected chi connectivity index (χ2v) is 13.5. The number of rotatable bonds is 26. The van der Waals surface area contributed by atoms with Crippen LogP contribution in [0.3, 0.4) is 0 Å². The van der Waals surface area contributed by atoms with E-state index in [-0.39, 0.29) is 18.9 Å². The Kier molecular flexibility index (Phi) is 19.0. The third kappa shape index (κ3) is 15.7. The van der Waals surface area contributed by atoms with Crippen molar-refractivity contribution in [3.8, 4) is 28.1 Å². The minimum atomic E-state index is -4.43. The van der Waals surface area contributed by atoms with Gasteiger partial charge >= 0.3 is 12.1 Å². The van der Waals surface area contributed by atoms with Crippen molar-refractivity contribution in [3.05, 3.63) is 72.4 Å². The summed E-state index contributed by atoms with van der Waals surface area (Å²) in [6.45, 7) is 3.81. The topological polar surface area (TPSA) is 68.7 Å². The van der Waals surface area contributed by atoms with E-state index in [0.717, 1.165) is 47.6 Å². The highest BCUT2D eigenvalue weighted by Gasteiger charge is 2.36. The fourth-order valence-corrected chi connectivity index (χ4v) is 6.30. The van der Waals surface area contributed by atoms with Crippen LogP contribution in [0.25, 0.3) is 22.3 Å². The first kappa shape index (κ1) is 41.0. The molecule has 2 aromatic carbocycles. The minimum absolute atomic E-state index is 0.00401. The fraction of sp³-hybridized carbons (Fsp3) is 0.571. The molecular weight excluding hydrogens is 639 g/mol. The van der Waals surface area contributed by atoms with E-state index in [1.54, 1.807) is 6.20 Å². The average Bonchev–Trinajstić information content (AvgIpc) is 3.11. The van der Waals surface area contributed by atoms with Crippen molar-refractivity contribution in [1.82, 2.24) is 4.98 Å². The number of pyridine rings is 1. The first-order valence-corrected chi connectivity index (χ1v) is 18.9. The monoisotopic (exact) mass is 697 g/mol. The number of hydrogen-bond acceptors (Lipinski definition) is 4. The molecule has 0 fully saturated rings. The molecule has 0 aliphatic heterocycles. The quantitative estimate of drug-likeness (QED) is 0.0846. The zero-order valence-electron chi connectivity index (χ0n) is 30.2. The van der Waals surface area contributed by atoms with Gasteiger partial charge in [0.15, 0.2) is 6.10 Å². The normalized spacial score (nSPS) is 12.9. The van der Waals surface area contributed by atoms with Gasteiger partial charge in [0.1, 0.15) is 0 Å². The second kappa shape index (κ2) is 23.2. The van der Waals surface area contributed by atoms with Crippen LogP contribution in [-0.2, 0) is 9.53 Å². The number of carboxylic acids is 1. The van der Waals surface area contributed by atoms with E-state index in [0.29, 0.717) is 31.7 Å². The summed E-state index contributed by atoms with van der Waals surface area (Å²) in [6, 6.07) is 20.0. The van der Waals surface area contributed by atoms with E-state index in [4.69, 9.17) is 9.47 Å². The average molecular weight is 698 g/mol. The van der Waals surface area contributed by atoms with Gasteiger partial charge in [0.25, 0.3) is 0 Å². The van der Waals surface area contributed by atoms with E-state index in [9.17, 15) is 23.1 Å². The lowest BCUT2D eigenvalue weighted by Crippen LogP contribution is -2.29. The zero-order chi connectivity index (χ0) is 36.0. The SMILES string of the molecule is CCCCCCCCCCCCCCCOc1ccc(-c2cc(C(CCCC(=O)O)CCOC(C)C(F)(F)F)ccc2-c2ccccc2)cn1. The Morgan fingerprint density at radius 3 is 1.96 bits per heavy atom. The number of carbonyl (C=O) groups is 1. The van der Waals surface area contributed by atoms with Crippen LogP contribution < -0.4 is 4.74 Å². The van der Waals surface area contributed by atoms with Crippen LogP contribution in [0.5, 0.6) is 5.88 Å². The first-order valence-electron chi connectivity index (χ1n) is 18.9. The van der Waals surface area contributed by atoms with Gasteiger partial charge in [-0.1, -0.05) is 133 Å². The van der Waals surface area contributed by atoms with E-state index >= 15 is 0 Å². The lowest BCUT2D eigenvalue weighted by molar-refractivity contribution is -0.214. The lowest BCUT2D eigenvalue weighted by atomic mass is 9.86. The van der Waals surface area contributed by atoms with Gasteiger partial charge in [0, 0.05) is 30.9 Å². The molecule has 0 aliphatic carbocycles. The number of unbranched alkanes of at least 4 members (excludes halogenated alkanes) is 12. The van der Waals surface area contributed by atoms with Gasteiger partial charge in [-0.25, -0.2) is 4.98 Å². The van der Waals surface area contributed by atoms with Gasteiger partial charge in [0.2, 0.25) is 5.88 Å². The molecule has 2 unspecified atom stereocenters. The molecule has 1 aromatic heterocycles. The predicted molar refractivity (Wildman–Crippen MR) is 197 cm³/mol. The van der Waals surface area contributed by atoms with Crippen molar-refractivity contribution in [1.29, 1.82) is 0 Å². The lowest BCUT2D eigenvalue weighted by Gasteiger charge is -2.22. The molecular formula is C42H58F3NO4. The molecule has 1 N–H and O–H groups in total. The van der Waals surface area contributed by atoms with Crippen LogP contribution in [0.4, 0.5) is 13.2 Å². The molecule has 8 heteroatoms. The predicted octanol–water partition coefficient (Wildman–Crippen LogP) is 12.6. The summed E-state index contributed by atoms with van der Waals surface area (Å²) in [5, 5.41) is 9.21. The second-order valence-electron chi connectivity index (χ2n) is 13.5. The molecule has 2 atom stereocenters. The highest BCUT2D eigenvalue weighted by atomic mass is 19.4. The van der Waals surface area contributed by atoms with Crippen LogP contribution >= 0.6 is 0 Å². The molecule has 5 nitrogen and oxygen atoms in total. The van der Waals surface area contributed by atoms with Crippen molar-refractivity contribution in [2.24, 2.45) is 0 Å². The Morgan fingerprint density at radius 2 is 1.38 bits per heavy atom. The summed E-state index contributed by atoms with van der Waals surface area (Å²) in [6.07, 6.45) is 13.7. The molecule has 0 spiro atoms. The third-order valence-corrected chi connectivity index (χ3v) is 9.38. The Morgan fingerprint density at radius 1 is 0.740 bits per heavy atom. The molecule has 3 rings (SSSR count). The molecule has 0 aliphatic rings. The largest absolute Gasteiger partial charge is 0.481 e. The number of aliphatic carboxylic acids is 1. The molecule has 276 valence electrons. The van der Waals surface area contributed by atoms with Crippen molar-refractivity contribution >= 4 is 5.97 Å². The van der Waals surface area contributed by atoms with Gasteiger partial charge in [-0.3, -0.25) is 4.79 Å². The highest BCUT2D eigenvalue weighted by molar-refractivity contribution is 5.83. The number of nitrogens with zero attached hydrogens (tertiary/aromatic N) is 1. The number of carboxylic acid groups (broad SMARTS) is 1. The zero-order valence-corrected chi connectivity index (χ0v) is 30.2. The Balaban J connectivity index is 1.59. The van der Waals surface area contributed by atoms with Crippen molar-refractivity contribution in [2.75, 3.05) is 13.2 Å². The smallest absolute Gasteiger partial charge is 0.414 e. The Bertz CT molecular complexity index is 1350. The summed E-state index contributed by atoms with van der Waals surface area (Å²) in [7, 11) is 0. The van der Waals surface area contributed by atoms with E-state index in [2.05, 4.69) is 18.0 Å². The molecule has 1 heterocycles. The number of aromatic nitrogens is 1. The van der Waals surface area contributed by atoms with Gasteiger partial charge in [-0.15, -0.1) is 0 Å². The number of halogens is 3. The first-order chi connectivity index (χ1) is 24.2. The summed E-state index contributed by atoms with van der Waals surface area (Å²) in [4.78, 5) is 15.8. The van der Waals surface area contributed by atoms with E-state index in [1.165, 1.54) is 70.6 Å². The molecule has 0 radical (unpaired) electrons. The van der Waals surface area contributed by atoms with Gasteiger partial charge in [0.05, 0.1) is 6.61 Å². The highest BCUT2D eigenvalue weighted by Crippen LogP contribution is 2.37. The van der Waals surface area contributed by atoms with Crippen LogP contribution in [0.2, 0.25) is 0 Å². The number of ether oxygens (including phenoxy) is 2. The summed E-state index contributed by atoms with van der Waals surface area (Å²) >= 11 is 0. The third-order valence-electron chi connectivity index (χ3n) is 9.38. The number of hydrogen-bond donors (Lipinski definition) is 1. The maximum absolute atomic E-state index is 13.1. The summed E-state index contributed by atoms with van der Waals surface area (Å²) in [5.41, 5.74) is 4.79. The number of benzene rings is 2. The van der Waals surface area contributed by atoms with E-state index in [1.807, 2.05) is 54.6 Å². The molecule has 0 amide bonds. The maximum Gasteiger partial charge on any atom is 0.414 e. The van der Waals surface area contributed by atoms with Crippen LogP contribution in [0.15, 0.2) is 66.9 Å². The van der Waals surface area contributed by atoms with Crippen LogP contribution in [-0.4, -0.2) is 41.6 Å². The molecule has 0 saturated carbocycles. The van der Waals surface area contributed by atoms with Crippen molar-refractivity contribution in [3.63, 3.8) is 0 Å². The van der Waals surface area contributed by atoms with Crippen molar-refractivity contribution in [2.45, 2.75) is 141 Å². The Labute approximate surface area is 298 Å². The molecule has 0 bridgehead atoms. The Hall–Kier alpha value is -3.39. The van der Waals surface area contributed by atoms with Gasteiger partial charge in [-0.05, 0) is 66.8 Å². The molecule has 3 aromatic rings. The van der Waals surface area contributed by atoms with Gasteiger partial charge in [-0.2, -0.15) is 13.2 Å². The van der Waals surface area contributed by atoms with Crippen LogP contribution in [0.1, 0.15) is 134 Å². The summed E-state index contributed by atoms with van der Waals surface area (Å²) in [5.74, 6) is -0.491. The maximum atomic E-state index is 13.1. The minimum Gasteiger partial charge on any atom is -0.481 e. The van der Waals surface area contributed by atoms with Crippen molar-refractivity contribution < 1.29 is 32.5 Å². The van der Waals surface area contributed by atoms with Gasteiger partial charge < -0.3 is 14.6 Å².